The highest BCUT2D eigenvalue weighted by Gasteiger charge is 2.09. The van der Waals surface area contributed by atoms with Gasteiger partial charge in [-0.05, 0) is 0 Å². The zero-order chi connectivity index (χ0) is 13.9. The largest absolute Gasteiger partial charge is 0.462 e. The summed E-state index contributed by atoms with van der Waals surface area (Å²) in [6, 6.07) is 2.14. The molecule has 0 atom stereocenters. The highest BCUT2D eigenvalue weighted by atomic mass is 16.5. The van der Waals surface area contributed by atoms with Gasteiger partial charge in [-0.25, -0.2) is 0 Å². The third-order valence-electron chi connectivity index (χ3n) is 1.68. The Morgan fingerprint density at radius 2 is 1.42 bits per heavy atom. The Kier molecular flexibility index (Phi) is 6.44. The van der Waals surface area contributed by atoms with Crippen molar-refractivity contribution in [3.05, 3.63) is 25.3 Å². The second-order valence-electron chi connectivity index (χ2n) is 3.14. The van der Waals surface area contributed by atoms with Gasteiger partial charge in [-0.1, -0.05) is 25.3 Å². The highest BCUT2D eigenvalue weighted by molar-refractivity contribution is 5.09. The number of rotatable bonds is 9. The maximum absolute atomic E-state index is 8.43. The normalized spacial score (nSPS) is 9.21. The van der Waals surface area contributed by atoms with Gasteiger partial charge in [0.1, 0.15) is 19.8 Å². The average molecular weight is 262 g/mol. The van der Waals surface area contributed by atoms with Crippen molar-refractivity contribution >= 4 is 0 Å². The molecule has 0 radical (unpaired) electrons. The van der Waals surface area contributed by atoms with E-state index in [0.29, 0.717) is 0 Å². The lowest BCUT2D eigenvalue weighted by molar-refractivity contribution is 0.257. The van der Waals surface area contributed by atoms with Crippen LogP contribution in [0.5, 0.6) is 18.0 Å². The summed E-state index contributed by atoms with van der Waals surface area (Å²) in [5.41, 5.74) is 0. The van der Waals surface area contributed by atoms with Crippen LogP contribution in [-0.2, 0) is 0 Å². The fourth-order valence-corrected chi connectivity index (χ4v) is 0.969. The molecule has 19 heavy (non-hydrogen) atoms. The van der Waals surface area contributed by atoms with Gasteiger partial charge in [-0.2, -0.15) is 5.26 Å². The Bertz CT molecular complexity index is 440. The first-order valence-corrected chi connectivity index (χ1v) is 5.53. The van der Waals surface area contributed by atoms with E-state index in [1.54, 1.807) is 12.2 Å². The third-order valence-corrected chi connectivity index (χ3v) is 1.68. The molecule has 1 aromatic heterocycles. The summed E-state index contributed by atoms with van der Waals surface area (Å²) in [4.78, 5) is 11.8. The van der Waals surface area contributed by atoms with Crippen molar-refractivity contribution in [2.45, 2.75) is 6.42 Å². The molecule has 0 unspecified atom stereocenters. The molecule has 0 aliphatic heterocycles. The minimum absolute atomic E-state index is 0.0448. The summed E-state index contributed by atoms with van der Waals surface area (Å²) in [6.07, 6.45) is 3.35. The smallest absolute Gasteiger partial charge is 0.326 e. The van der Waals surface area contributed by atoms with Gasteiger partial charge < -0.3 is 14.2 Å². The van der Waals surface area contributed by atoms with Crippen LogP contribution >= 0.6 is 0 Å². The number of nitrogens with zero attached hydrogens (tertiary/aromatic N) is 4. The van der Waals surface area contributed by atoms with Gasteiger partial charge in [-0.3, -0.25) is 0 Å². The van der Waals surface area contributed by atoms with E-state index in [4.69, 9.17) is 19.5 Å². The lowest BCUT2D eigenvalue weighted by Gasteiger charge is -2.07. The van der Waals surface area contributed by atoms with E-state index in [-0.39, 0.29) is 44.3 Å². The molecule has 0 spiro atoms. The molecule has 0 aliphatic carbocycles. The fraction of sp³-hybridized carbons (Fsp3) is 0.333. The zero-order valence-electron chi connectivity index (χ0n) is 10.4. The number of hydrogen-bond acceptors (Lipinski definition) is 7. The van der Waals surface area contributed by atoms with Crippen LogP contribution < -0.4 is 14.2 Å². The molecule has 0 bridgehead atoms. The fourth-order valence-electron chi connectivity index (χ4n) is 0.969. The molecule has 100 valence electrons. The van der Waals surface area contributed by atoms with E-state index >= 15 is 0 Å². The van der Waals surface area contributed by atoms with Crippen LogP contribution in [0.1, 0.15) is 6.42 Å². The van der Waals surface area contributed by atoms with Crippen molar-refractivity contribution in [1.29, 1.82) is 5.26 Å². The second-order valence-corrected chi connectivity index (χ2v) is 3.14. The van der Waals surface area contributed by atoms with Crippen molar-refractivity contribution < 1.29 is 14.2 Å². The predicted molar refractivity (Wildman–Crippen MR) is 66.9 cm³/mol. The molecule has 0 N–H and O–H groups in total. The van der Waals surface area contributed by atoms with Gasteiger partial charge >= 0.3 is 18.0 Å². The van der Waals surface area contributed by atoms with E-state index in [2.05, 4.69) is 28.1 Å². The third kappa shape index (κ3) is 5.50. The summed E-state index contributed by atoms with van der Waals surface area (Å²) < 4.78 is 15.6. The molecule has 0 saturated carbocycles. The SMILES string of the molecule is C=CCOc1nc(OCC=C)nc(OCCC#N)n1. The first kappa shape index (κ1) is 14.4. The molecule has 0 amide bonds. The summed E-state index contributed by atoms with van der Waals surface area (Å²) >= 11 is 0. The molecule has 7 heteroatoms. The van der Waals surface area contributed by atoms with Crippen molar-refractivity contribution in [3.8, 4) is 24.1 Å². The lowest BCUT2D eigenvalue weighted by atomic mass is 10.5. The van der Waals surface area contributed by atoms with Crippen LogP contribution in [0.15, 0.2) is 25.3 Å². The number of ether oxygens (including phenoxy) is 3. The second kappa shape index (κ2) is 8.47. The highest BCUT2D eigenvalue weighted by Crippen LogP contribution is 2.14. The molecule has 0 aliphatic rings. The first-order chi connectivity index (χ1) is 9.30. The molecule has 0 saturated heterocycles. The van der Waals surface area contributed by atoms with Crippen molar-refractivity contribution in [2.75, 3.05) is 19.8 Å². The molecular formula is C12H14N4O3. The van der Waals surface area contributed by atoms with Gasteiger partial charge in [0.2, 0.25) is 0 Å². The maximum Gasteiger partial charge on any atom is 0.326 e. The maximum atomic E-state index is 8.43. The molecular weight excluding hydrogens is 248 g/mol. The molecule has 7 nitrogen and oxygen atoms in total. The van der Waals surface area contributed by atoms with Crippen molar-refractivity contribution in [1.82, 2.24) is 15.0 Å². The Balaban J connectivity index is 2.78. The van der Waals surface area contributed by atoms with Crippen molar-refractivity contribution in [2.24, 2.45) is 0 Å². The van der Waals surface area contributed by atoms with Crippen LogP contribution in [0.25, 0.3) is 0 Å². The van der Waals surface area contributed by atoms with E-state index in [0.717, 1.165) is 0 Å². The van der Waals surface area contributed by atoms with Crippen LogP contribution in [0.3, 0.4) is 0 Å². The molecule has 0 fully saturated rings. The predicted octanol–water partition coefficient (Wildman–Crippen LogP) is 1.29. The van der Waals surface area contributed by atoms with E-state index < -0.39 is 0 Å². The Morgan fingerprint density at radius 1 is 0.947 bits per heavy atom. The van der Waals surface area contributed by atoms with E-state index in [1.165, 1.54) is 0 Å². The minimum atomic E-state index is 0.0448. The molecule has 1 aromatic rings. The summed E-state index contributed by atoms with van der Waals surface area (Å²) in [6.45, 7) is 7.73. The average Bonchev–Trinajstić information content (AvgIpc) is 2.43. The first-order valence-electron chi connectivity index (χ1n) is 5.53. The molecule has 0 aromatic carbocycles. The van der Waals surface area contributed by atoms with E-state index in [9.17, 15) is 0 Å². The van der Waals surface area contributed by atoms with Gasteiger partial charge in [0.25, 0.3) is 0 Å². The quantitative estimate of drug-likeness (QED) is 0.489. The Labute approximate surface area is 111 Å². The van der Waals surface area contributed by atoms with Gasteiger partial charge in [0.15, 0.2) is 0 Å². The van der Waals surface area contributed by atoms with Gasteiger partial charge in [0.05, 0.1) is 12.5 Å². The standard InChI is InChI=1S/C12H14N4O3/c1-3-7-17-10-14-11(18-8-4-2)16-12(15-10)19-9-5-6-13/h3-4H,1-2,5,7-9H2. The van der Waals surface area contributed by atoms with Crippen LogP contribution in [0, 0.1) is 11.3 Å². The molecule has 1 rings (SSSR count). The number of nitriles is 1. The number of aromatic nitrogens is 3. The topological polar surface area (TPSA) is 90.1 Å². The van der Waals surface area contributed by atoms with Gasteiger partial charge in [-0.15, -0.1) is 15.0 Å². The van der Waals surface area contributed by atoms with Gasteiger partial charge in [0, 0.05) is 0 Å². The van der Waals surface area contributed by atoms with Crippen LogP contribution in [0.2, 0.25) is 0 Å². The number of hydrogen-bond donors (Lipinski definition) is 0. The Morgan fingerprint density at radius 3 is 1.84 bits per heavy atom. The molecule has 1 heterocycles. The zero-order valence-corrected chi connectivity index (χ0v) is 10.4. The summed E-state index contributed by atoms with van der Waals surface area (Å²) in [7, 11) is 0. The lowest BCUT2D eigenvalue weighted by Crippen LogP contribution is -2.07. The Hall–Kier alpha value is -2.62. The van der Waals surface area contributed by atoms with E-state index in [1.807, 2.05) is 6.07 Å². The summed E-state index contributed by atoms with van der Waals surface area (Å²) in [5.74, 6) is 0. The van der Waals surface area contributed by atoms with Crippen molar-refractivity contribution in [3.63, 3.8) is 0 Å². The minimum Gasteiger partial charge on any atom is -0.462 e. The van der Waals surface area contributed by atoms with Crippen LogP contribution in [0.4, 0.5) is 0 Å². The van der Waals surface area contributed by atoms with Crippen LogP contribution in [-0.4, -0.2) is 34.8 Å². The monoisotopic (exact) mass is 262 g/mol. The summed E-state index contributed by atoms with van der Waals surface area (Å²) in [5, 5.41) is 8.43.